The number of piperidine rings is 1. The van der Waals surface area contributed by atoms with Crippen molar-refractivity contribution in [3.8, 4) is 0 Å². The van der Waals surface area contributed by atoms with Gasteiger partial charge in [-0.05, 0) is 31.4 Å². The fourth-order valence-electron chi connectivity index (χ4n) is 2.03. The maximum atomic E-state index is 12.9. The largest absolute Gasteiger partial charge is 0.417 e. The molecule has 0 aliphatic carbocycles. The fourth-order valence-corrected chi connectivity index (χ4v) is 3.71. The number of rotatable bonds is 2. The average Bonchev–Trinajstić information content (AvgIpc) is 2.39. The lowest BCUT2D eigenvalue weighted by molar-refractivity contribution is -0.139. The topological polar surface area (TPSA) is 37.4 Å². The number of halogens is 3. The van der Waals surface area contributed by atoms with Crippen LogP contribution in [0.1, 0.15) is 18.4 Å². The van der Waals surface area contributed by atoms with E-state index in [1.165, 1.54) is 12.1 Å². The van der Waals surface area contributed by atoms with E-state index in [-0.39, 0.29) is 13.1 Å². The number of nitrogens with zero attached hydrogens (tertiary/aromatic N) is 1. The molecule has 1 aliphatic heterocycles. The van der Waals surface area contributed by atoms with Gasteiger partial charge in [0.2, 0.25) is 10.0 Å². The predicted molar refractivity (Wildman–Crippen MR) is 63.7 cm³/mol. The first-order chi connectivity index (χ1) is 8.83. The van der Waals surface area contributed by atoms with Crippen LogP contribution in [0.3, 0.4) is 0 Å². The van der Waals surface area contributed by atoms with Crippen molar-refractivity contribution in [2.24, 2.45) is 0 Å². The molecule has 1 heterocycles. The highest BCUT2D eigenvalue weighted by Crippen LogP contribution is 2.35. The molecule has 105 valence electrons. The Morgan fingerprint density at radius 3 is 2.21 bits per heavy atom. The van der Waals surface area contributed by atoms with Crippen molar-refractivity contribution >= 4 is 10.0 Å². The zero-order valence-corrected chi connectivity index (χ0v) is 10.8. The lowest BCUT2D eigenvalue weighted by Gasteiger charge is -2.26. The lowest BCUT2D eigenvalue weighted by atomic mass is 10.2. The summed E-state index contributed by atoms with van der Waals surface area (Å²) in [6.07, 6.45) is -1.62. The van der Waals surface area contributed by atoms with Crippen molar-refractivity contribution in [1.29, 1.82) is 0 Å². The summed E-state index contributed by atoms with van der Waals surface area (Å²) >= 11 is 0. The van der Waals surface area contributed by atoms with E-state index in [1.54, 1.807) is 0 Å². The zero-order chi connectivity index (χ0) is 14.1. The van der Waals surface area contributed by atoms with E-state index in [9.17, 15) is 21.6 Å². The van der Waals surface area contributed by atoms with Crippen LogP contribution in [0.4, 0.5) is 13.2 Å². The molecule has 1 aliphatic rings. The molecule has 1 saturated heterocycles. The summed E-state index contributed by atoms with van der Waals surface area (Å²) in [6.45, 7) is 0.461. The van der Waals surface area contributed by atoms with Gasteiger partial charge in [0.1, 0.15) is 0 Å². The first kappa shape index (κ1) is 14.3. The van der Waals surface area contributed by atoms with Gasteiger partial charge in [0.15, 0.2) is 0 Å². The molecule has 0 amide bonds. The molecule has 1 radical (unpaired) electrons. The molecule has 2 rings (SSSR count). The quantitative estimate of drug-likeness (QED) is 0.840. The van der Waals surface area contributed by atoms with Crippen molar-refractivity contribution in [3.05, 3.63) is 36.2 Å². The first-order valence-corrected chi connectivity index (χ1v) is 7.25. The molecule has 1 aromatic rings. The summed E-state index contributed by atoms with van der Waals surface area (Å²) < 4.78 is 64.2. The minimum atomic E-state index is -4.68. The van der Waals surface area contributed by atoms with Gasteiger partial charge in [-0.1, -0.05) is 12.1 Å². The highest BCUT2D eigenvalue weighted by Gasteiger charge is 2.38. The van der Waals surface area contributed by atoms with Crippen LogP contribution >= 0.6 is 0 Å². The Bertz CT molecular complexity index is 548. The SMILES string of the molecule is O=S(=O)(c1ccccc1C(F)(F)F)N1CC[CH]CC1. The second-order valence-corrected chi connectivity index (χ2v) is 6.17. The number of hydrogen-bond donors (Lipinski definition) is 0. The minimum absolute atomic E-state index is 0.231. The molecule has 0 bridgehead atoms. The van der Waals surface area contributed by atoms with Crippen molar-refractivity contribution in [1.82, 2.24) is 4.31 Å². The van der Waals surface area contributed by atoms with Gasteiger partial charge < -0.3 is 0 Å². The molecule has 1 aromatic carbocycles. The molecule has 7 heteroatoms. The van der Waals surface area contributed by atoms with E-state index in [0.29, 0.717) is 12.8 Å². The van der Waals surface area contributed by atoms with Gasteiger partial charge in [-0.3, -0.25) is 0 Å². The maximum absolute atomic E-state index is 12.9. The third-order valence-electron chi connectivity index (χ3n) is 2.98. The molecule has 0 unspecified atom stereocenters. The van der Waals surface area contributed by atoms with Crippen LogP contribution in [0.15, 0.2) is 29.2 Å². The number of benzene rings is 1. The summed E-state index contributed by atoms with van der Waals surface area (Å²) in [5.74, 6) is 0. The van der Waals surface area contributed by atoms with Crippen LogP contribution in [0.25, 0.3) is 0 Å². The molecule has 3 nitrogen and oxygen atoms in total. The third kappa shape index (κ3) is 2.92. The Labute approximate surface area is 110 Å². The molecule has 1 fully saturated rings. The Morgan fingerprint density at radius 2 is 1.63 bits per heavy atom. The van der Waals surface area contributed by atoms with Gasteiger partial charge in [-0.25, -0.2) is 8.42 Å². The summed E-state index contributed by atoms with van der Waals surface area (Å²) in [4.78, 5) is -0.663. The summed E-state index contributed by atoms with van der Waals surface area (Å²) in [5.41, 5.74) is -1.11. The molecule has 0 atom stereocenters. The van der Waals surface area contributed by atoms with Crippen LogP contribution < -0.4 is 0 Å². The average molecular weight is 292 g/mol. The number of hydrogen-bond acceptors (Lipinski definition) is 2. The van der Waals surface area contributed by atoms with Crippen LogP contribution in [-0.4, -0.2) is 25.8 Å². The van der Waals surface area contributed by atoms with E-state index >= 15 is 0 Å². The van der Waals surface area contributed by atoms with E-state index in [2.05, 4.69) is 0 Å². The lowest BCUT2D eigenvalue weighted by Crippen LogP contribution is -2.36. The van der Waals surface area contributed by atoms with Gasteiger partial charge in [0, 0.05) is 13.1 Å². The highest BCUT2D eigenvalue weighted by atomic mass is 32.2. The van der Waals surface area contributed by atoms with Crippen LogP contribution in [0.2, 0.25) is 0 Å². The minimum Gasteiger partial charge on any atom is -0.207 e. The van der Waals surface area contributed by atoms with Crippen LogP contribution in [0, 0.1) is 6.42 Å². The second-order valence-electron chi connectivity index (χ2n) is 4.26. The third-order valence-corrected chi connectivity index (χ3v) is 4.93. The van der Waals surface area contributed by atoms with E-state index < -0.39 is 26.7 Å². The standard InChI is InChI=1S/C12H13F3NO2S/c13-12(14,15)10-6-2-3-7-11(10)19(17,18)16-8-4-1-5-9-16/h1-3,6-7H,4-5,8-9H2. The summed E-state index contributed by atoms with van der Waals surface area (Å²) in [6, 6.07) is 4.30. The molecule has 0 spiro atoms. The van der Waals surface area contributed by atoms with Crippen molar-refractivity contribution in [2.75, 3.05) is 13.1 Å². The molecule has 19 heavy (non-hydrogen) atoms. The molecule has 0 aromatic heterocycles. The Kier molecular flexibility index (Phi) is 3.87. The predicted octanol–water partition coefficient (Wildman–Crippen LogP) is 2.69. The summed E-state index contributed by atoms with van der Waals surface area (Å²) in [5, 5.41) is 0. The van der Waals surface area contributed by atoms with E-state index in [1.807, 2.05) is 6.42 Å². The van der Waals surface area contributed by atoms with Gasteiger partial charge >= 0.3 is 6.18 Å². The smallest absolute Gasteiger partial charge is 0.207 e. The van der Waals surface area contributed by atoms with Gasteiger partial charge in [-0.15, -0.1) is 0 Å². The monoisotopic (exact) mass is 292 g/mol. The van der Waals surface area contributed by atoms with Crippen molar-refractivity contribution < 1.29 is 21.6 Å². The first-order valence-electron chi connectivity index (χ1n) is 5.81. The molecule has 0 saturated carbocycles. The number of alkyl halides is 3. The van der Waals surface area contributed by atoms with E-state index in [0.717, 1.165) is 16.4 Å². The Hall–Kier alpha value is -1.08. The molecule has 0 N–H and O–H groups in total. The maximum Gasteiger partial charge on any atom is 0.417 e. The van der Waals surface area contributed by atoms with Crippen LogP contribution in [0.5, 0.6) is 0 Å². The number of sulfonamides is 1. The van der Waals surface area contributed by atoms with Crippen molar-refractivity contribution in [2.45, 2.75) is 23.9 Å². The normalized spacial score (nSPS) is 18.5. The van der Waals surface area contributed by atoms with Crippen LogP contribution in [-0.2, 0) is 16.2 Å². The Balaban J connectivity index is 2.46. The van der Waals surface area contributed by atoms with Gasteiger partial charge in [-0.2, -0.15) is 17.5 Å². The van der Waals surface area contributed by atoms with E-state index in [4.69, 9.17) is 0 Å². The van der Waals surface area contributed by atoms with Gasteiger partial charge in [0.05, 0.1) is 10.5 Å². The second kappa shape index (κ2) is 5.13. The Morgan fingerprint density at radius 1 is 1.05 bits per heavy atom. The highest BCUT2D eigenvalue weighted by molar-refractivity contribution is 7.89. The fraction of sp³-hybridized carbons (Fsp3) is 0.417. The van der Waals surface area contributed by atoms with Gasteiger partial charge in [0.25, 0.3) is 0 Å². The zero-order valence-electron chi connectivity index (χ0n) is 10.0. The summed E-state index contributed by atoms with van der Waals surface area (Å²) in [7, 11) is -4.08. The molecular weight excluding hydrogens is 279 g/mol. The van der Waals surface area contributed by atoms with Crippen molar-refractivity contribution in [3.63, 3.8) is 0 Å². The molecular formula is C12H13F3NO2S.